The van der Waals surface area contributed by atoms with Crippen LogP contribution >= 0.6 is 11.3 Å². The SMILES string of the molecule is CCOc1cc(C=c2sc3nc(-c4ccc(OC(C)C)cc4)nn3c2=O)ccc1OC(C)=O. The first kappa shape index (κ1) is 22.5. The van der Waals surface area contributed by atoms with Crippen molar-refractivity contribution in [2.45, 2.75) is 33.8 Å². The van der Waals surface area contributed by atoms with E-state index < -0.39 is 5.97 Å². The predicted octanol–water partition coefficient (Wildman–Crippen LogP) is 3.48. The molecule has 8 nitrogen and oxygen atoms in total. The van der Waals surface area contributed by atoms with Crippen molar-refractivity contribution in [2.75, 3.05) is 6.61 Å². The zero-order chi connectivity index (χ0) is 23.5. The summed E-state index contributed by atoms with van der Waals surface area (Å²) in [4.78, 5) is 29.2. The quantitative estimate of drug-likeness (QED) is 0.305. The normalized spacial score (nSPS) is 11.8. The van der Waals surface area contributed by atoms with E-state index in [1.165, 1.54) is 22.8 Å². The Labute approximate surface area is 194 Å². The fourth-order valence-corrected chi connectivity index (χ4v) is 4.09. The van der Waals surface area contributed by atoms with Gasteiger partial charge in [-0.05, 0) is 68.8 Å². The van der Waals surface area contributed by atoms with Crippen molar-refractivity contribution in [3.63, 3.8) is 0 Å². The lowest BCUT2D eigenvalue weighted by atomic mass is 10.2. The van der Waals surface area contributed by atoms with Crippen molar-refractivity contribution in [3.8, 4) is 28.6 Å². The highest BCUT2D eigenvalue weighted by atomic mass is 32.1. The molecule has 0 saturated heterocycles. The van der Waals surface area contributed by atoms with Crippen molar-refractivity contribution in [1.82, 2.24) is 14.6 Å². The Bertz CT molecular complexity index is 1410. The van der Waals surface area contributed by atoms with Gasteiger partial charge in [0.2, 0.25) is 4.96 Å². The Morgan fingerprint density at radius 3 is 2.55 bits per heavy atom. The van der Waals surface area contributed by atoms with E-state index in [-0.39, 0.29) is 11.7 Å². The first-order chi connectivity index (χ1) is 15.8. The lowest BCUT2D eigenvalue weighted by Gasteiger charge is -2.10. The molecule has 0 N–H and O–H groups in total. The van der Waals surface area contributed by atoms with Gasteiger partial charge < -0.3 is 14.2 Å². The number of rotatable bonds is 7. The van der Waals surface area contributed by atoms with Gasteiger partial charge in [-0.2, -0.15) is 9.50 Å². The summed E-state index contributed by atoms with van der Waals surface area (Å²) in [6.45, 7) is 7.52. The Balaban J connectivity index is 1.65. The highest BCUT2D eigenvalue weighted by Crippen LogP contribution is 2.29. The molecule has 0 aliphatic carbocycles. The first-order valence-corrected chi connectivity index (χ1v) is 11.3. The van der Waals surface area contributed by atoms with Crippen molar-refractivity contribution < 1.29 is 19.0 Å². The van der Waals surface area contributed by atoms with Gasteiger partial charge >= 0.3 is 5.97 Å². The first-order valence-electron chi connectivity index (χ1n) is 10.5. The third kappa shape index (κ3) is 5.04. The van der Waals surface area contributed by atoms with Crippen LogP contribution < -0.4 is 24.3 Å². The Morgan fingerprint density at radius 2 is 1.91 bits per heavy atom. The van der Waals surface area contributed by atoms with E-state index in [0.717, 1.165) is 16.9 Å². The minimum absolute atomic E-state index is 0.0899. The fraction of sp³-hybridized carbons (Fsp3) is 0.250. The summed E-state index contributed by atoms with van der Waals surface area (Å²) >= 11 is 1.25. The average Bonchev–Trinajstić information content (AvgIpc) is 3.29. The smallest absolute Gasteiger partial charge is 0.308 e. The molecule has 9 heteroatoms. The van der Waals surface area contributed by atoms with Crippen LogP contribution in [-0.4, -0.2) is 33.3 Å². The molecular formula is C24H23N3O5S. The second-order valence-electron chi connectivity index (χ2n) is 7.47. The summed E-state index contributed by atoms with van der Waals surface area (Å²) < 4.78 is 18.2. The van der Waals surface area contributed by atoms with E-state index in [1.807, 2.05) is 45.0 Å². The van der Waals surface area contributed by atoms with E-state index >= 15 is 0 Å². The Morgan fingerprint density at radius 1 is 1.15 bits per heavy atom. The molecule has 0 spiro atoms. The molecule has 0 aliphatic rings. The lowest BCUT2D eigenvalue weighted by Crippen LogP contribution is -2.23. The number of carbonyl (C=O) groups excluding carboxylic acids is 1. The molecule has 2 aromatic carbocycles. The molecule has 0 radical (unpaired) electrons. The van der Waals surface area contributed by atoms with Crippen molar-refractivity contribution >= 4 is 28.3 Å². The lowest BCUT2D eigenvalue weighted by molar-refractivity contribution is -0.132. The van der Waals surface area contributed by atoms with Crippen LogP contribution in [0.1, 0.15) is 33.3 Å². The molecule has 0 amide bonds. The second kappa shape index (κ2) is 9.41. The molecule has 2 heterocycles. The molecule has 4 rings (SSSR count). The molecule has 170 valence electrons. The van der Waals surface area contributed by atoms with E-state index in [1.54, 1.807) is 24.3 Å². The van der Waals surface area contributed by atoms with Gasteiger partial charge in [0.1, 0.15) is 5.75 Å². The van der Waals surface area contributed by atoms with Crippen molar-refractivity contribution in [2.24, 2.45) is 0 Å². The van der Waals surface area contributed by atoms with Crippen LogP contribution in [0, 0.1) is 0 Å². The molecule has 0 bridgehead atoms. The third-order valence-corrected chi connectivity index (χ3v) is 5.44. The van der Waals surface area contributed by atoms with Gasteiger partial charge in [-0.3, -0.25) is 9.59 Å². The van der Waals surface area contributed by atoms with Gasteiger partial charge in [0.05, 0.1) is 17.2 Å². The highest BCUT2D eigenvalue weighted by molar-refractivity contribution is 7.15. The van der Waals surface area contributed by atoms with Gasteiger partial charge in [-0.1, -0.05) is 17.4 Å². The maximum Gasteiger partial charge on any atom is 0.308 e. The molecule has 33 heavy (non-hydrogen) atoms. The number of thiazole rings is 1. The standard InChI is InChI=1S/C24H23N3O5S/c1-5-30-20-12-16(6-11-19(20)32-15(4)28)13-21-23(29)27-24(33-21)25-22(26-27)17-7-9-18(10-8-17)31-14(2)3/h6-14H,5H2,1-4H3. The molecule has 0 saturated carbocycles. The zero-order valence-corrected chi connectivity index (χ0v) is 19.5. The van der Waals surface area contributed by atoms with Gasteiger partial charge in [0.15, 0.2) is 17.3 Å². The largest absolute Gasteiger partial charge is 0.491 e. The number of aromatic nitrogens is 3. The molecular weight excluding hydrogens is 442 g/mol. The Hall–Kier alpha value is -3.72. The number of nitrogens with zero attached hydrogens (tertiary/aromatic N) is 3. The molecule has 0 fully saturated rings. The topological polar surface area (TPSA) is 92.0 Å². The minimum atomic E-state index is -0.432. The summed E-state index contributed by atoms with van der Waals surface area (Å²) in [5, 5.41) is 4.39. The molecule has 4 aromatic rings. The van der Waals surface area contributed by atoms with Gasteiger partial charge in [0, 0.05) is 12.5 Å². The monoisotopic (exact) mass is 465 g/mol. The maximum absolute atomic E-state index is 12.9. The highest BCUT2D eigenvalue weighted by Gasteiger charge is 2.13. The van der Waals surface area contributed by atoms with Gasteiger partial charge in [-0.15, -0.1) is 5.10 Å². The summed E-state index contributed by atoms with van der Waals surface area (Å²) in [5.74, 6) is 1.58. The second-order valence-corrected chi connectivity index (χ2v) is 8.48. The van der Waals surface area contributed by atoms with E-state index in [4.69, 9.17) is 14.2 Å². The van der Waals surface area contributed by atoms with Crippen LogP contribution in [0.3, 0.4) is 0 Å². The molecule has 0 atom stereocenters. The summed E-state index contributed by atoms with van der Waals surface area (Å²) in [7, 11) is 0. The van der Waals surface area contributed by atoms with Crippen LogP contribution in [0.15, 0.2) is 47.3 Å². The number of carbonyl (C=O) groups is 1. The fourth-order valence-electron chi connectivity index (χ4n) is 3.18. The number of fused-ring (bicyclic) bond motifs is 1. The number of hydrogen-bond acceptors (Lipinski definition) is 8. The molecule has 0 aliphatic heterocycles. The summed E-state index contributed by atoms with van der Waals surface area (Å²) in [6.07, 6.45) is 1.83. The minimum Gasteiger partial charge on any atom is -0.491 e. The molecule has 0 unspecified atom stereocenters. The van der Waals surface area contributed by atoms with Crippen LogP contribution in [0.25, 0.3) is 22.4 Å². The summed E-state index contributed by atoms with van der Waals surface area (Å²) in [6, 6.07) is 12.6. The van der Waals surface area contributed by atoms with Crippen LogP contribution in [0.5, 0.6) is 17.2 Å². The van der Waals surface area contributed by atoms with E-state index in [9.17, 15) is 9.59 Å². The summed E-state index contributed by atoms with van der Waals surface area (Å²) in [5.41, 5.74) is 1.28. The predicted molar refractivity (Wildman–Crippen MR) is 126 cm³/mol. The molecule has 2 aromatic heterocycles. The van der Waals surface area contributed by atoms with Gasteiger partial charge in [-0.25, -0.2) is 0 Å². The Kier molecular flexibility index (Phi) is 6.41. The van der Waals surface area contributed by atoms with Crippen LogP contribution in [0.2, 0.25) is 0 Å². The van der Waals surface area contributed by atoms with Crippen LogP contribution in [-0.2, 0) is 4.79 Å². The average molecular weight is 466 g/mol. The van der Waals surface area contributed by atoms with Crippen molar-refractivity contribution in [3.05, 3.63) is 62.9 Å². The van der Waals surface area contributed by atoms with Gasteiger partial charge in [0.25, 0.3) is 5.56 Å². The third-order valence-electron chi connectivity index (χ3n) is 4.49. The number of benzene rings is 2. The number of esters is 1. The number of hydrogen-bond donors (Lipinski definition) is 0. The zero-order valence-electron chi connectivity index (χ0n) is 18.7. The van der Waals surface area contributed by atoms with Crippen molar-refractivity contribution in [1.29, 1.82) is 0 Å². The number of ether oxygens (including phenoxy) is 3. The van der Waals surface area contributed by atoms with E-state index in [2.05, 4.69) is 10.1 Å². The maximum atomic E-state index is 12.9. The van der Waals surface area contributed by atoms with Crippen LogP contribution in [0.4, 0.5) is 0 Å². The van der Waals surface area contributed by atoms with E-state index in [0.29, 0.717) is 33.4 Å².